The third-order valence-corrected chi connectivity index (χ3v) is 1.32. The number of aromatic carboxylic acids is 2. The Morgan fingerprint density at radius 1 is 1.31 bits per heavy atom. The van der Waals surface area contributed by atoms with E-state index in [9.17, 15) is 9.59 Å². The maximum Gasteiger partial charge on any atom is 0.375 e. The molecule has 1 rings (SSSR count). The molecule has 3 N–H and O–H groups in total. The molecule has 70 valence electrons. The monoisotopic (exact) mass is 187 g/mol. The third kappa shape index (κ3) is 1.49. The highest BCUT2D eigenvalue weighted by atomic mass is 16.5. The lowest BCUT2D eigenvalue weighted by atomic mass is 10.2. The molecule has 0 amide bonds. The second-order valence-electron chi connectivity index (χ2n) is 2.10. The summed E-state index contributed by atoms with van der Waals surface area (Å²) in [6.07, 6.45) is 0. The zero-order chi connectivity index (χ0) is 10.0. The van der Waals surface area contributed by atoms with E-state index in [1.165, 1.54) is 0 Å². The molecule has 0 spiro atoms. The number of aliphatic hydroxyl groups is 1. The van der Waals surface area contributed by atoms with Gasteiger partial charge in [-0.15, -0.1) is 0 Å². The number of carbonyl (C=O) groups is 2. The van der Waals surface area contributed by atoms with Crippen LogP contribution < -0.4 is 0 Å². The van der Waals surface area contributed by atoms with Crippen LogP contribution in [-0.4, -0.2) is 32.4 Å². The molecule has 0 radical (unpaired) electrons. The van der Waals surface area contributed by atoms with Gasteiger partial charge in [-0.05, 0) is 0 Å². The Labute approximate surface area is 71.2 Å². The minimum atomic E-state index is -1.54. The summed E-state index contributed by atoms with van der Waals surface area (Å²) in [6, 6.07) is 0. The quantitative estimate of drug-likeness (QED) is 0.586. The van der Waals surface area contributed by atoms with Crippen LogP contribution in [0.2, 0.25) is 0 Å². The number of aromatic nitrogens is 1. The van der Waals surface area contributed by atoms with Crippen molar-refractivity contribution in [3.8, 4) is 0 Å². The smallest absolute Gasteiger partial charge is 0.375 e. The fourth-order valence-corrected chi connectivity index (χ4v) is 0.798. The molecule has 0 fully saturated rings. The van der Waals surface area contributed by atoms with Crippen molar-refractivity contribution in [3.05, 3.63) is 17.0 Å². The van der Waals surface area contributed by atoms with Crippen molar-refractivity contribution in [2.24, 2.45) is 0 Å². The number of nitrogens with zero attached hydrogens (tertiary/aromatic N) is 1. The Morgan fingerprint density at radius 2 is 1.92 bits per heavy atom. The van der Waals surface area contributed by atoms with E-state index in [1.54, 1.807) is 0 Å². The van der Waals surface area contributed by atoms with Gasteiger partial charge in [-0.1, -0.05) is 5.16 Å². The molecular formula is C6H5NO6. The van der Waals surface area contributed by atoms with Crippen LogP contribution in [0.1, 0.15) is 26.6 Å². The Bertz CT molecular complexity index is 354. The molecule has 0 bridgehead atoms. The molecule has 1 aromatic heterocycles. The van der Waals surface area contributed by atoms with Crippen molar-refractivity contribution >= 4 is 11.9 Å². The van der Waals surface area contributed by atoms with Crippen LogP contribution in [0.25, 0.3) is 0 Å². The van der Waals surface area contributed by atoms with Gasteiger partial charge >= 0.3 is 11.9 Å². The van der Waals surface area contributed by atoms with Crippen LogP contribution in [0.15, 0.2) is 4.52 Å². The summed E-state index contributed by atoms with van der Waals surface area (Å²) in [7, 11) is 0. The van der Waals surface area contributed by atoms with E-state index < -0.39 is 29.9 Å². The molecule has 0 saturated heterocycles. The summed E-state index contributed by atoms with van der Waals surface area (Å²) < 4.78 is 4.22. The fraction of sp³-hybridized carbons (Fsp3) is 0.167. The van der Waals surface area contributed by atoms with Crippen LogP contribution in [0.5, 0.6) is 0 Å². The van der Waals surface area contributed by atoms with E-state index in [-0.39, 0.29) is 5.69 Å². The minimum absolute atomic E-state index is 0.301. The van der Waals surface area contributed by atoms with Crippen LogP contribution >= 0.6 is 0 Å². The van der Waals surface area contributed by atoms with Crippen LogP contribution in [0, 0.1) is 0 Å². The van der Waals surface area contributed by atoms with Crippen LogP contribution in [0.4, 0.5) is 0 Å². The SMILES string of the molecule is O=C(O)c1onc(CO)c1C(=O)O. The topological polar surface area (TPSA) is 121 Å². The first-order valence-corrected chi connectivity index (χ1v) is 3.14. The lowest BCUT2D eigenvalue weighted by Gasteiger charge is -1.91. The van der Waals surface area contributed by atoms with Gasteiger partial charge < -0.3 is 19.8 Å². The second kappa shape index (κ2) is 3.23. The van der Waals surface area contributed by atoms with E-state index >= 15 is 0 Å². The molecule has 7 nitrogen and oxygen atoms in total. The Kier molecular flexibility index (Phi) is 2.29. The second-order valence-corrected chi connectivity index (χ2v) is 2.10. The Morgan fingerprint density at radius 3 is 2.31 bits per heavy atom. The molecule has 0 aliphatic rings. The van der Waals surface area contributed by atoms with E-state index in [2.05, 4.69) is 9.68 Å². The molecular weight excluding hydrogens is 182 g/mol. The van der Waals surface area contributed by atoms with Gasteiger partial charge in [-0.25, -0.2) is 9.59 Å². The van der Waals surface area contributed by atoms with Gasteiger partial charge in [0.1, 0.15) is 11.3 Å². The highest BCUT2D eigenvalue weighted by Gasteiger charge is 2.26. The number of hydrogen-bond donors (Lipinski definition) is 3. The summed E-state index contributed by atoms with van der Waals surface area (Å²) in [4.78, 5) is 20.9. The first-order chi connectivity index (χ1) is 6.07. The fourth-order valence-electron chi connectivity index (χ4n) is 0.798. The zero-order valence-electron chi connectivity index (χ0n) is 6.22. The van der Waals surface area contributed by atoms with E-state index in [0.717, 1.165) is 0 Å². The maximum atomic E-state index is 10.5. The normalized spacial score (nSPS) is 9.92. The molecule has 0 aromatic carbocycles. The highest BCUT2D eigenvalue weighted by Crippen LogP contribution is 2.14. The first kappa shape index (κ1) is 9.20. The molecule has 1 aromatic rings. The number of carboxylic acid groups (broad SMARTS) is 2. The lowest BCUT2D eigenvalue weighted by Crippen LogP contribution is -2.07. The summed E-state index contributed by atoms with van der Waals surface area (Å²) in [5.74, 6) is -3.82. The largest absolute Gasteiger partial charge is 0.477 e. The molecule has 0 aliphatic heterocycles. The molecule has 7 heteroatoms. The van der Waals surface area contributed by atoms with E-state index in [1.807, 2.05) is 0 Å². The van der Waals surface area contributed by atoms with E-state index in [4.69, 9.17) is 15.3 Å². The predicted octanol–water partition coefficient (Wildman–Crippen LogP) is -0.437. The summed E-state index contributed by atoms with van der Waals surface area (Å²) in [5.41, 5.74) is -0.917. The molecule has 1 heterocycles. The summed E-state index contributed by atoms with van der Waals surface area (Å²) in [6.45, 7) is -0.682. The van der Waals surface area contributed by atoms with Crippen molar-refractivity contribution < 1.29 is 29.4 Å². The summed E-state index contributed by atoms with van der Waals surface area (Å²) in [5, 5.41) is 28.7. The van der Waals surface area contributed by atoms with Gasteiger partial charge in [0, 0.05) is 0 Å². The van der Waals surface area contributed by atoms with Gasteiger partial charge in [0.25, 0.3) is 5.76 Å². The van der Waals surface area contributed by atoms with Gasteiger partial charge in [-0.2, -0.15) is 0 Å². The van der Waals surface area contributed by atoms with E-state index in [0.29, 0.717) is 0 Å². The van der Waals surface area contributed by atoms with Crippen molar-refractivity contribution in [3.63, 3.8) is 0 Å². The van der Waals surface area contributed by atoms with Crippen molar-refractivity contribution in [2.75, 3.05) is 0 Å². The Hall–Kier alpha value is -1.89. The molecule has 0 unspecified atom stereocenters. The minimum Gasteiger partial charge on any atom is -0.477 e. The first-order valence-electron chi connectivity index (χ1n) is 3.14. The van der Waals surface area contributed by atoms with Gasteiger partial charge in [0.15, 0.2) is 0 Å². The van der Waals surface area contributed by atoms with Gasteiger partial charge in [-0.3, -0.25) is 0 Å². The van der Waals surface area contributed by atoms with Crippen molar-refractivity contribution in [1.29, 1.82) is 0 Å². The third-order valence-electron chi connectivity index (χ3n) is 1.32. The highest BCUT2D eigenvalue weighted by molar-refractivity contribution is 6.00. The summed E-state index contributed by atoms with van der Waals surface area (Å²) >= 11 is 0. The molecule has 0 aliphatic carbocycles. The molecule has 13 heavy (non-hydrogen) atoms. The zero-order valence-corrected chi connectivity index (χ0v) is 6.22. The standard InChI is InChI=1S/C6H5NO6/c8-1-2-3(5(9)10)4(6(11)12)13-7-2/h8H,1H2,(H,9,10)(H,11,12). The lowest BCUT2D eigenvalue weighted by molar-refractivity contribution is 0.0618. The average molecular weight is 187 g/mol. The maximum absolute atomic E-state index is 10.5. The van der Waals surface area contributed by atoms with Crippen LogP contribution in [-0.2, 0) is 6.61 Å². The Balaban J connectivity index is 3.30. The molecule has 0 atom stereocenters. The van der Waals surface area contributed by atoms with Crippen LogP contribution in [0.3, 0.4) is 0 Å². The number of aliphatic hydroxyl groups excluding tert-OH is 1. The van der Waals surface area contributed by atoms with Crippen molar-refractivity contribution in [1.82, 2.24) is 5.16 Å². The van der Waals surface area contributed by atoms with Crippen molar-refractivity contribution in [2.45, 2.75) is 6.61 Å². The van der Waals surface area contributed by atoms with Gasteiger partial charge in [0.2, 0.25) is 0 Å². The van der Waals surface area contributed by atoms with Gasteiger partial charge in [0.05, 0.1) is 6.61 Å². The molecule has 0 saturated carbocycles. The predicted molar refractivity (Wildman–Crippen MR) is 36.3 cm³/mol. The number of hydrogen-bond acceptors (Lipinski definition) is 5. The number of carboxylic acids is 2. The average Bonchev–Trinajstić information content (AvgIpc) is 2.46. The number of rotatable bonds is 3.